The van der Waals surface area contributed by atoms with E-state index in [1.54, 1.807) is 6.07 Å². The summed E-state index contributed by atoms with van der Waals surface area (Å²) >= 11 is 1.37. The average molecular weight is 419 g/mol. The zero-order chi connectivity index (χ0) is 20.5. The first-order valence-electron chi connectivity index (χ1n) is 8.85. The van der Waals surface area contributed by atoms with Crippen molar-refractivity contribution >= 4 is 44.8 Å². The third kappa shape index (κ3) is 4.23. The third-order valence-corrected chi connectivity index (χ3v) is 7.87. The summed E-state index contributed by atoms with van der Waals surface area (Å²) in [6.45, 7) is 5.30. The Morgan fingerprint density at radius 3 is 2.57 bits per heavy atom. The van der Waals surface area contributed by atoms with E-state index in [-0.39, 0.29) is 23.1 Å². The first kappa shape index (κ1) is 20.4. The summed E-state index contributed by atoms with van der Waals surface area (Å²) in [4.78, 5) is 24.9. The molecule has 2 N–H and O–H groups in total. The number of amides is 2. The second kappa shape index (κ2) is 7.97. The second-order valence-electron chi connectivity index (χ2n) is 6.87. The first-order valence-corrected chi connectivity index (χ1v) is 11.4. The van der Waals surface area contributed by atoms with Gasteiger partial charge in [0.25, 0.3) is 0 Å². The van der Waals surface area contributed by atoms with E-state index in [1.165, 1.54) is 30.8 Å². The van der Waals surface area contributed by atoms with Crippen molar-refractivity contribution in [3.63, 3.8) is 0 Å². The summed E-state index contributed by atoms with van der Waals surface area (Å²) in [6.07, 6.45) is -0.158. The number of nitrogens with one attached hydrogen (secondary N) is 2. The Balaban J connectivity index is 1.76. The van der Waals surface area contributed by atoms with Crippen molar-refractivity contribution in [2.75, 3.05) is 16.4 Å². The van der Waals surface area contributed by atoms with E-state index in [9.17, 15) is 18.0 Å². The molecule has 0 fully saturated rings. The summed E-state index contributed by atoms with van der Waals surface area (Å²) in [5.41, 5.74) is 3.05. The number of hydrogen-bond acceptors (Lipinski definition) is 5. The fraction of sp³-hybridized carbons (Fsp3) is 0.300. The maximum atomic E-state index is 12.9. The molecular weight excluding hydrogens is 396 g/mol. The monoisotopic (exact) mass is 418 g/mol. The van der Waals surface area contributed by atoms with Crippen LogP contribution in [0.4, 0.5) is 11.4 Å². The summed E-state index contributed by atoms with van der Waals surface area (Å²) < 4.78 is 25.8. The number of rotatable bonds is 5. The van der Waals surface area contributed by atoms with Crippen molar-refractivity contribution in [3.05, 3.63) is 47.5 Å². The Hall–Kier alpha value is -2.32. The Morgan fingerprint density at radius 1 is 1.21 bits per heavy atom. The Kier molecular flexibility index (Phi) is 5.81. The van der Waals surface area contributed by atoms with Gasteiger partial charge in [-0.3, -0.25) is 9.59 Å². The van der Waals surface area contributed by atoms with Crippen LogP contribution in [-0.4, -0.2) is 31.2 Å². The molecule has 3 rings (SSSR count). The molecule has 2 aromatic carbocycles. The molecule has 0 aliphatic carbocycles. The van der Waals surface area contributed by atoms with Crippen molar-refractivity contribution < 1.29 is 18.0 Å². The molecule has 0 saturated heterocycles. The van der Waals surface area contributed by atoms with Crippen molar-refractivity contribution in [3.8, 4) is 0 Å². The second-order valence-corrected chi connectivity index (χ2v) is 10.3. The van der Waals surface area contributed by atoms with Crippen LogP contribution >= 0.6 is 11.8 Å². The lowest BCUT2D eigenvalue weighted by atomic mass is 10.1. The van der Waals surface area contributed by atoms with Gasteiger partial charge >= 0.3 is 0 Å². The molecule has 6 nitrogen and oxygen atoms in total. The minimum Gasteiger partial charge on any atom is -0.326 e. The van der Waals surface area contributed by atoms with Gasteiger partial charge in [0.1, 0.15) is 0 Å². The Labute approximate surface area is 169 Å². The number of sulfone groups is 1. The molecule has 1 heterocycles. The predicted molar refractivity (Wildman–Crippen MR) is 112 cm³/mol. The maximum Gasteiger partial charge on any atom is 0.234 e. The minimum absolute atomic E-state index is 0.0985. The number of benzene rings is 2. The van der Waals surface area contributed by atoms with Gasteiger partial charge < -0.3 is 10.6 Å². The van der Waals surface area contributed by atoms with Gasteiger partial charge in [0.05, 0.1) is 21.6 Å². The lowest BCUT2D eigenvalue weighted by molar-refractivity contribution is -0.116. The largest absolute Gasteiger partial charge is 0.326 e. The van der Waals surface area contributed by atoms with E-state index in [0.29, 0.717) is 17.1 Å². The molecule has 1 aliphatic heterocycles. The standard InChI is InChI=1S/C20H22N2O4S2/c1-12-5-4-6-13(2)20(12)22-18(23)9-14(3)28(25,26)15-7-8-17-16(10-15)21-19(24)11-27-17/h4-8,10,14H,9,11H2,1-3H3,(H,21,24)(H,22,23)/t14-/m1/s1. The van der Waals surface area contributed by atoms with Crippen LogP contribution in [0.1, 0.15) is 24.5 Å². The molecule has 0 unspecified atom stereocenters. The SMILES string of the molecule is Cc1cccc(C)c1NC(=O)C[C@@H](C)S(=O)(=O)c1ccc2c(c1)NC(=O)CS2. The van der Waals surface area contributed by atoms with Crippen LogP contribution in [0.3, 0.4) is 0 Å². The van der Waals surface area contributed by atoms with Crippen LogP contribution in [0.15, 0.2) is 46.2 Å². The Bertz CT molecular complexity index is 1030. The molecule has 2 aromatic rings. The molecule has 2 amide bonds. The van der Waals surface area contributed by atoms with Gasteiger partial charge in [-0.2, -0.15) is 0 Å². The highest BCUT2D eigenvalue weighted by atomic mass is 32.2. The third-order valence-electron chi connectivity index (χ3n) is 4.66. The smallest absolute Gasteiger partial charge is 0.234 e. The quantitative estimate of drug-likeness (QED) is 0.775. The number of anilines is 2. The normalized spacial score (nSPS) is 14.8. The molecule has 0 radical (unpaired) electrons. The fourth-order valence-electron chi connectivity index (χ4n) is 3.04. The number of para-hydroxylation sites is 1. The van der Waals surface area contributed by atoms with E-state index in [2.05, 4.69) is 10.6 Å². The van der Waals surface area contributed by atoms with E-state index in [1.807, 2.05) is 32.0 Å². The fourth-order valence-corrected chi connectivity index (χ4v) is 5.21. The molecule has 28 heavy (non-hydrogen) atoms. The predicted octanol–water partition coefficient (Wildman–Crippen LogP) is 3.54. The molecule has 0 saturated carbocycles. The zero-order valence-corrected chi connectivity index (χ0v) is 17.5. The van der Waals surface area contributed by atoms with Gasteiger partial charge in [-0.25, -0.2) is 8.42 Å². The van der Waals surface area contributed by atoms with Gasteiger partial charge in [0.15, 0.2) is 9.84 Å². The molecule has 148 valence electrons. The van der Waals surface area contributed by atoms with Crippen molar-refractivity contribution in [2.45, 2.75) is 42.2 Å². The van der Waals surface area contributed by atoms with E-state index < -0.39 is 15.1 Å². The van der Waals surface area contributed by atoms with Gasteiger partial charge in [-0.15, -0.1) is 11.8 Å². The van der Waals surface area contributed by atoms with Gasteiger partial charge in [0, 0.05) is 17.0 Å². The van der Waals surface area contributed by atoms with E-state index >= 15 is 0 Å². The number of carbonyl (C=O) groups excluding carboxylic acids is 2. The number of fused-ring (bicyclic) bond motifs is 1. The average Bonchev–Trinajstić information content (AvgIpc) is 2.64. The van der Waals surface area contributed by atoms with Gasteiger partial charge in [0.2, 0.25) is 11.8 Å². The van der Waals surface area contributed by atoms with Crippen LogP contribution in [-0.2, 0) is 19.4 Å². The molecule has 8 heteroatoms. The summed E-state index contributed by atoms with van der Waals surface area (Å²) in [5, 5.41) is 4.62. The number of carbonyl (C=O) groups is 2. The maximum absolute atomic E-state index is 12.9. The van der Waals surface area contributed by atoms with Crippen LogP contribution < -0.4 is 10.6 Å². The highest BCUT2D eigenvalue weighted by Gasteiger charge is 2.27. The van der Waals surface area contributed by atoms with E-state index in [4.69, 9.17) is 0 Å². The molecular formula is C20H22N2O4S2. The summed E-state index contributed by atoms with van der Waals surface area (Å²) in [5.74, 6) is -0.197. The Morgan fingerprint density at radius 2 is 1.89 bits per heavy atom. The zero-order valence-electron chi connectivity index (χ0n) is 15.9. The molecule has 1 atom stereocenters. The molecule has 1 aliphatic rings. The topological polar surface area (TPSA) is 92.3 Å². The van der Waals surface area contributed by atoms with Crippen LogP contribution in [0.5, 0.6) is 0 Å². The van der Waals surface area contributed by atoms with Crippen molar-refractivity contribution in [2.24, 2.45) is 0 Å². The lowest BCUT2D eigenvalue weighted by Gasteiger charge is -2.19. The first-order chi connectivity index (χ1) is 13.2. The lowest BCUT2D eigenvalue weighted by Crippen LogP contribution is -2.26. The van der Waals surface area contributed by atoms with Crippen LogP contribution in [0.25, 0.3) is 0 Å². The van der Waals surface area contributed by atoms with Crippen molar-refractivity contribution in [1.29, 1.82) is 0 Å². The van der Waals surface area contributed by atoms with Gasteiger partial charge in [-0.05, 0) is 50.1 Å². The molecule has 0 aromatic heterocycles. The number of thioether (sulfide) groups is 1. The van der Waals surface area contributed by atoms with Crippen LogP contribution in [0, 0.1) is 13.8 Å². The highest BCUT2D eigenvalue weighted by Crippen LogP contribution is 2.34. The molecule has 0 bridgehead atoms. The van der Waals surface area contributed by atoms with Crippen LogP contribution in [0.2, 0.25) is 0 Å². The van der Waals surface area contributed by atoms with E-state index in [0.717, 1.165) is 16.0 Å². The summed E-state index contributed by atoms with van der Waals surface area (Å²) in [6, 6.07) is 10.4. The minimum atomic E-state index is -3.72. The number of aryl methyl sites for hydroxylation is 2. The number of hydrogen-bond donors (Lipinski definition) is 2. The molecule has 0 spiro atoms. The van der Waals surface area contributed by atoms with Gasteiger partial charge in [-0.1, -0.05) is 18.2 Å². The summed E-state index contributed by atoms with van der Waals surface area (Å²) in [7, 11) is -3.72. The highest BCUT2D eigenvalue weighted by molar-refractivity contribution is 8.00. The van der Waals surface area contributed by atoms with Crippen molar-refractivity contribution in [1.82, 2.24) is 0 Å².